The van der Waals surface area contributed by atoms with E-state index in [1.165, 1.54) is 11.3 Å². The normalized spacial score (nSPS) is 18.9. The van der Waals surface area contributed by atoms with E-state index >= 15 is 0 Å². The summed E-state index contributed by atoms with van der Waals surface area (Å²) in [5, 5.41) is 3.38. The van der Waals surface area contributed by atoms with Crippen molar-refractivity contribution in [1.29, 1.82) is 0 Å². The molecule has 0 bridgehead atoms. The van der Waals surface area contributed by atoms with Gasteiger partial charge < -0.3 is 15.8 Å². The number of hydrogen-bond donors (Lipinski definition) is 2. The second-order valence-electron chi connectivity index (χ2n) is 3.61. The van der Waals surface area contributed by atoms with Crippen molar-refractivity contribution in [3.63, 3.8) is 0 Å². The Balaban J connectivity index is 2.27. The molecule has 1 aliphatic heterocycles. The summed E-state index contributed by atoms with van der Waals surface area (Å²) in [6.07, 6.45) is 1.03. The van der Waals surface area contributed by atoms with Gasteiger partial charge in [-0.25, -0.2) is 0 Å². The van der Waals surface area contributed by atoms with E-state index in [1.54, 1.807) is 7.11 Å². The zero-order valence-corrected chi connectivity index (χ0v) is 8.42. The summed E-state index contributed by atoms with van der Waals surface area (Å²) in [5.41, 5.74) is 8.15. The van der Waals surface area contributed by atoms with Crippen LogP contribution < -0.4 is 15.8 Å². The summed E-state index contributed by atoms with van der Waals surface area (Å²) in [6, 6.07) is 6.16. The quantitative estimate of drug-likeness (QED) is 0.764. The van der Waals surface area contributed by atoms with Crippen molar-refractivity contribution in [1.82, 2.24) is 0 Å². The van der Waals surface area contributed by atoms with Crippen molar-refractivity contribution in [2.75, 3.05) is 25.5 Å². The van der Waals surface area contributed by atoms with Crippen LogP contribution in [0.2, 0.25) is 0 Å². The number of rotatable bonds is 3. The Hall–Kier alpha value is -1.22. The molecular weight excluding hydrogens is 176 g/mol. The summed E-state index contributed by atoms with van der Waals surface area (Å²) in [7, 11) is 1.70. The minimum atomic E-state index is 0.546. The molecule has 3 heteroatoms. The van der Waals surface area contributed by atoms with E-state index in [2.05, 4.69) is 17.4 Å². The molecule has 1 heterocycles. The average molecular weight is 192 g/mol. The fraction of sp³-hybridized carbons (Fsp3) is 0.455. The molecule has 1 atom stereocenters. The Morgan fingerprint density at radius 3 is 3.14 bits per heavy atom. The van der Waals surface area contributed by atoms with Gasteiger partial charge in [-0.2, -0.15) is 0 Å². The molecule has 14 heavy (non-hydrogen) atoms. The molecule has 3 nitrogen and oxygen atoms in total. The van der Waals surface area contributed by atoms with E-state index in [4.69, 9.17) is 10.5 Å². The zero-order valence-electron chi connectivity index (χ0n) is 8.42. The molecule has 0 spiro atoms. The first-order valence-electron chi connectivity index (χ1n) is 4.97. The van der Waals surface area contributed by atoms with Gasteiger partial charge in [-0.05, 0) is 36.7 Å². The lowest BCUT2D eigenvalue weighted by molar-refractivity contribution is 0.414. The number of nitrogens with one attached hydrogen (secondary N) is 1. The summed E-state index contributed by atoms with van der Waals surface area (Å²) in [6.45, 7) is 1.74. The maximum atomic E-state index is 5.58. The first-order chi connectivity index (χ1) is 6.85. The lowest BCUT2D eigenvalue weighted by Gasteiger charge is -2.09. The highest BCUT2D eigenvalue weighted by atomic mass is 16.5. The summed E-state index contributed by atoms with van der Waals surface area (Å²) in [4.78, 5) is 0. The summed E-state index contributed by atoms with van der Waals surface area (Å²) >= 11 is 0. The molecule has 1 aromatic rings. The SMILES string of the molecule is COc1ccc2c(c1)C(CCN)CN2. The molecule has 0 aliphatic carbocycles. The smallest absolute Gasteiger partial charge is 0.119 e. The third-order valence-corrected chi connectivity index (χ3v) is 2.75. The van der Waals surface area contributed by atoms with Gasteiger partial charge in [-0.3, -0.25) is 0 Å². The highest BCUT2D eigenvalue weighted by Crippen LogP contribution is 2.35. The topological polar surface area (TPSA) is 47.3 Å². The van der Waals surface area contributed by atoms with Crippen LogP contribution in [0.25, 0.3) is 0 Å². The molecule has 2 rings (SSSR count). The number of nitrogens with two attached hydrogens (primary N) is 1. The van der Waals surface area contributed by atoms with Gasteiger partial charge in [-0.1, -0.05) is 0 Å². The molecule has 3 N–H and O–H groups in total. The van der Waals surface area contributed by atoms with Crippen molar-refractivity contribution in [3.8, 4) is 5.75 Å². The highest BCUT2D eigenvalue weighted by molar-refractivity contribution is 5.60. The number of fused-ring (bicyclic) bond motifs is 1. The zero-order chi connectivity index (χ0) is 9.97. The minimum Gasteiger partial charge on any atom is -0.497 e. The van der Waals surface area contributed by atoms with Crippen LogP contribution >= 0.6 is 0 Å². The van der Waals surface area contributed by atoms with Crippen LogP contribution in [0, 0.1) is 0 Å². The van der Waals surface area contributed by atoms with Crippen LogP contribution in [-0.2, 0) is 0 Å². The number of methoxy groups -OCH3 is 1. The predicted octanol–water partition coefficient (Wildman–Crippen LogP) is 1.55. The van der Waals surface area contributed by atoms with E-state index in [9.17, 15) is 0 Å². The first-order valence-corrected chi connectivity index (χ1v) is 4.97. The van der Waals surface area contributed by atoms with Crippen LogP contribution in [0.3, 0.4) is 0 Å². The number of anilines is 1. The molecule has 0 amide bonds. The van der Waals surface area contributed by atoms with Crippen molar-refractivity contribution >= 4 is 5.69 Å². The molecule has 1 aliphatic rings. The molecule has 1 aromatic carbocycles. The third kappa shape index (κ3) is 1.55. The van der Waals surface area contributed by atoms with Gasteiger partial charge in [0.05, 0.1) is 7.11 Å². The van der Waals surface area contributed by atoms with Gasteiger partial charge in [0.1, 0.15) is 5.75 Å². The molecule has 0 fully saturated rings. The summed E-state index contributed by atoms with van der Waals surface area (Å²) in [5.74, 6) is 1.47. The molecule has 0 aromatic heterocycles. The van der Waals surface area contributed by atoms with Gasteiger partial charge >= 0.3 is 0 Å². The Morgan fingerprint density at radius 2 is 2.43 bits per heavy atom. The predicted molar refractivity (Wildman–Crippen MR) is 57.9 cm³/mol. The molecule has 76 valence electrons. The van der Waals surface area contributed by atoms with Crippen LogP contribution in [0.1, 0.15) is 17.9 Å². The monoisotopic (exact) mass is 192 g/mol. The fourth-order valence-corrected chi connectivity index (χ4v) is 1.97. The lowest BCUT2D eigenvalue weighted by Crippen LogP contribution is -2.08. The third-order valence-electron chi connectivity index (χ3n) is 2.75. The Labute approximate surface area is 84.3 Å². The van der Waals surface area contributed by atoms with E-state index in [0.29, 0.717) is 5.92 Å². The number of benzene rings is 1. The van der Waals surface area contributed by atoms with Crippen LogP contribution in [0.4, 0.5) is 5.69 Å². The number of ether oxygens (including phenoxy) is 1. The maximum absolute atomic E-state index is 5.58. The van der Waals surface area contributed by atoms with Crippen molar-refractivity contribution < 1.29 is 4.74 Å². The van der Waals surface area contributed by atoms with Crippen LogP contribution in [0.15, 0.2) is 18.2 Å². The molecule has 0 radical (unpaired) electrons. The van der Waals surface area contributed by atoms with Crippen molar-refractivity contribution in [2.45, 2.75) is 12.3 Å². The van der Waals surface area contributed by atoms with Gasteiger partial charge in [0, 0.05) is 18.2 Å². The standard InChI is InChI=1S/C11H16N2O/c1-14-9-2-3-11-10(6-9)8(4-5-12)7-13-11/h2-3,6,8,13H,4-5,7,12H2,1H3. The molecule has 0 saturated carbocycles. The van der Waals surface area contributed by atoms with E-state index < -0.39 is 0 Å². The molecule has 1 unspecified atom stereocenters. The highest BCUT2D eigenvalue weighted by Gasteiger charge is 2.21. The van der Waals surface area contributed by atoms with E-state index in [1.807, 2.05) is 6.07 Å². The summed E-state index contributed by atoms with van der Waals surface area (Å²) < 4.78 is 5.21. The van der Waals surface area contributed by atoms with Gasteiger partial charge in [0.2, 0.25) is 0 Å². The Kier molecular flexibility index (Phi) is 2.59. The minimum absolute atomic E-state index is 0.546. The van der Waals surface area contributed by atoms with E-state index in [-0.39, 0.29) is 0 Å². The van der Waals surface area contributed by atoms with E-state index in [0.717, 1.165) is 25.3 Å². The second-order valence-corrected chi connectivity index (χ2v) is 3.61. The van der Waals surface area contributed by atoms with Gasteiger partial charge in [0.15, 0.2) is 0 Å². The van der Waals surface area contributed by atoms with Crippen molar-refractivity contribution in [2.24, 2.45) is 5.73 Å². The second kappa shape index (κ2) is 3.88. The number of hydrogen-bond acceptors (Lipinski definition) is 3. The average Bonchev–Trinajstić information content (AvgIpc) is 2.61. The Bertz CT molecular complexity index is 323. The van der Waals surface area contributed by atoms with Gasteiger partial charge in [0.25, 0.3) is 0 Å². The first kappa shape index (κ1) is 9.34. The maximum Gasteiger partial charge on any atom is 0.119 e. The molecule has 0 saturated heterocycles. The Morgan fingerprint density at radius 1 is 1.57 bits per heavy atom. The largest absolute Gasteiger partial charge is 0.497 e. The molecular formula is C11H16N2O. The lowest BCUT2D eigenvalue weighted by atomic mass is 9.98. The van der Waals surface area contributed by atoms with Crippen LogP contribution in [0.5, 0.6) is 5.75 Å². The fourth-order valence-electron chi connectivity index (χ4n) is 1.97. The van der Waals surface area contributed by atoms with Gasteiger partial charge in [-0.15, -0.1) is 0 Å². The van der Waals surface area contributed by atoms with Crippen LogP contribution in [-0.4, -0.2) is 20.2 Å². The van der Waals surface area contributed by atoms with Crippen molar-refractivity contribution in [3.05, 3.63) is 23.8 Å².